The van der Waals surface area contributed by atoms with Gasteiger partial charge in [0.1, 0.15) is 10.6 Å². The number of benzene rings is 1. The predicted molar refractivity (Wildman–Crippen MR) is 98.4 cm³/mol. The summed E-state index contributed by atoms with van der Waals surface area (Å²) in [6.07, 6.45) is 1.60. The Bertz CT molecular complexity index is 958. The fraction of sp³-hybridized carbons (Fsp3) is 0.278. The van der Waals surface area contributed by atoms with E-state index in [1.807, 2.05) is 45.0 Å². The molecular weight excluding hydrogens is 338 g/mol. The molecule has 0 saturated heterocycles. The number of pyridine rings is 1. The lowest BCUT2D eigenvalue weighted by atomic mass is 9.94. The maximum Gasteiger partial charge on any atom is 0.338 e. The summed E-state index contributed by atoms with van der Waals surface area (Å²) in [6.45, 7) is 6.30. The Morgan fingerprint density at radius 3 is 2.64 bits per heavy atom. The van der Waals surface area contributed by atoms with E-state index in [1.165, 1.54) is 0 Å². The quantitative estimate of drug-likeness (QED) is 0.777. The largest absolute Gasteiger partial charge is 0.494 e. The number of amides is 1. The number of hydrogen-bond donors (Lipinski definition) is 1. The Balaban J connectivity index is 1.85. The van der Waals surface area contributed by atoms with Crippen molar-refractivity contribution in [3.05, 3.63) is 58.5 Å². The molecule has 3 aromatic rings. The van der Waals surface area contributed by atoms with E-state index >= 15 is 0 Å². The predicted octanol–water partition coefficient (Wildman–Crippen LogP) is 3.35. The molecule has 0 fully saturated rings. The molecule has 0 aliphatic carbocycles. The van der Waals surface area contributed by atoms with Crippen LogP contribution in [0.3, 0.4) is 0 Å². The molecular formula is C18H19N3O3S. The van der Waals surface area contributed by atoms with Gasteiger partial charge in [-0.15, -0.1) is 0 Å². The summed E-state index contributed by atoms with van der Waals surface area (Å²) in [7, 11) is 0. The van der Waals surface area contributed by atoms with Crippen LogP contribution in [0.2, 0.25) is 0 Å². The normalized spacial score (nSPS) is 11.5. The second-order valence-corrected chi connectivity index (χ2v) is 6.99. The zero-order valence-corrected chi connectivity index (χ0v) is 15.1. The van der Waals surface area contributed by atoms with E-state index in [0.29, 0.717) is 16.8 Å². The monoisotopic (exact) mass is 357 g/mol. The van der Waals surface area contributed by atoms with Gasteiger partial charge in [0.2, 0.25) is 0 Å². The third-order valence-electron chi connectivity index (χ3n) is 3.85. The molecule has 0 aliphatic rings. The number of ether oxygens (including phenoxy) is 1. The first kappa shape index (κ1) is 17.2. The van der Waals surface area contributed by atoms with Crippen LogP contribution >= 0.6 is 11.5 Å². The number of rotatable bonds is 4. The molecule has 2 heterocycles. The van der Waals surface area contributed by atoms with Gasteiger partial charge < -0.3 is 10.1 Å². The van der Waals surface area contributed by atoms with Crippen molar-refractivity contribution in [3.63, 3.8) is 0 Å². The van der Waals surface area contributed by atoms with Gasteiger partial charge in [0.15, 0.2) is 0 Å². The van der Waals surface area contributed by atoms with Crippen molar-refractivity contribution in [2.45, 2.75) is 26.3 Å². The Hall–Kier alpha value is -2.67. The van der Waals surface area contributed by atoms with E-state index < -0.39 is 11.6 Å². The van der Waals surface area contributed by atoms with E-state index in [4.69, 9.17) is 4.74 Å². The van der Waals surface area contributed by atoms with Crippen LogP contribution < -0.4 is 15.6 Å². The molecule has 3 rings (SSSR count). The lowest BCUT2D eigenvalue weighted by molar-refractivity contribution is 0.233. The molecule has 0 radical (unpaired) electrons. The van der Waals surface area contributed by atoms with Crippen molar-refractivity contribution in [2.75, 3.05) is 6.61 Å². The topological polar surface area (TPSA) is 73.2 Å². The summed E-state index contributed by atoms with van der Waals surface area (Å²) in [5.41, 5.74) is -0.0881. The fourth-order valence-electron chi connectivity index (χ4n) is 2.52. The summed E-state index contributed by atoms with van der Waals surface area (Å²) in [5.74, 6) is 0.778. The van der Waals surface area contributed by atoms with Crippen molar-refractivity contribution in [1.82, 2.24) is 14.3 Å². The van der Waals surface area contributed by atoms with Gasteiger partial charge >= 0.3 is 6.03 Å². The first-order valence-electron chi connectivity index (χ1n) is 7.95. The molecule has 6 nitrogen and oxygen atoms in total. The summed E-state index contributed by atoms with van der Waals surface area (Å²) >= 11 is 1.04. The third-order valence-corrected chi connectivity index (χ3v) is 4.87. The van der Waals surface area contributed by atoms with Crippen LogP contribution in [0.25, 0.3) is 10.2 Å². The van der Waals surface area contributed by atoms with E-state index in [1.54, 1.807) is 18.3 Å². The summed E-state index contributed by atoms with van der Waals surface area (Å²) in [5, 5.41) is 3.35. The molecule has 0 bridgehead atoms. The number of nitrogens with one attached hydrogen (secondary N) is 1. The lowest BCUT2D eigenvalue weighted by Gasteiger charge is -2.26. The molecule has 0 spiro atoms. The van der Waals surface area contributed by atoms with Gasteiger partial charge in [0, 0.05) is 6.20 Å². The minimum Gasteiger partial charge on any atom is -0.494 e. The summed E-state index contributed by atoms with van der Waals surface area (Å²) < 4.78 is 6.54. The highest BCUT2D eigenvalue weighted by atomic mass is 32.1. The van der Waals surface area contributed by atoms with Crippen molar-refractivity contribution in [1.29, 1.82) is 0 Å². The fourth-order valence-corrected chi connectivity index (χ4v) is 3.37. The van der Waals surface area contributed by atoms with E-state index in [9.17, 15) is 9.59 Å². The van der Waals surface area contributed by atoms with Crippen LogP contribution in [0.4, 0.5) is 4.79 Å². The lowest BCUT2D eigenvalue weighted by Crippen LogP contribution is -2.44. The Morgan fingerprint density at radius 2 is 2.00 bits per heavy atom. The van der Waals surface area contributed by atoms with Crippen LogP contribution in [0.5, 0.6) is 5.75 Å². The zero-order valence-electron chi connectivity index (χ0n) is 14.3. The molecule has 130 valence electrons. The number of carbonyl (C=O) groups excluding carboxylic acids is 1. The standard InChI is InChI=1S/C18H19N3O3S/c1-4-24-13-9-7-12(8-10-13)18(2,3)20-17(23)21-16(22)14-6-5-11-19-15(14)25-21/h5-11H,4H2,1-3H3,(H,20,23). The van der Waals surface area contributed by atoms with Crippen molar-refractivity contribution in [2.24, 2.45) is 0 Å². The number of hydrogen-bond acceptors (Lipinski definition) is 5. The van der Waals surface area contributed by atoms with Crippen LogP contribution in [-0.2, 0) is 5.54 Å². The average Bonchev–Trinajstić information content (AvgIpc) is 2.93. The van der Waals surface area contributed by atoms with E-state index in [2.05, 4.69) is 10.3 Å². The van der Waals surface area contributed by atoms with Crippen LogP contribution in [0.1, 0.15) is 26.3 Å². The van der Waals surface area contributed by atoms with Crippen LogP contribution in [-0.4, -0.2) is 21.6 Å². The van der Waals surface area contributed by atoms with Gasteiger partial charge in [-0.05, 0) is 62.1 Å². The van der Waals surface area contributed by atoms with Crippen molar-refractivity contribution in [3.8, 4) is 5.75 Å². The molecule has 1 aromatic carbocycles. The Morgan fingerprint density at radius 1 is 1.28 bits per heavy atom. The minimum absolute atomic E-state index is 0.354. The van der Waals surface area contributed by atoms with Crippen molar-refractivity contribution < 1.29 is 9.53 Å². The molecule has 1 amide bonds. The Labute approximate surface area is 149 Å². The minimum atomic E-state index is -0.648. The van der Waals surface area contributed by atoms with E-state index in [-0.39, 0.29) is 5.56 Å². The smallest absolute Gasteiger partial charge is 0.338 e. The maximum absolute atomic E-state index is 12.6. The first-order valence-corrected chi connectivity index (χ1v) is 8.72. The van der Waals surface area contributed by atoms with Gasteiger partial charge in [0.25, 0.3) is 5.56 Å². The van der Waals surface area contributed by atoms with Gasteiger partial charge in [-0.25, -0.2) is 9.78 Å². The molecule has 2 aromatic heterocycles. The molecule has 0 aliphatic heterocycles. The number of fused-ring (bicyclic) bond motifs is 1. The second kappa shape index (κ2) is 6.68. The zero-order chi connectivity index (χ0) is 18.0. The Kier molecular flexibility index (Phi) is 4.59. The highest BCUT2D eigenvalue weighted by Crippen LogP contribution is 2.23. The molecule has 0 saturated carbocycles. The van der Waals surface area contributed by atoms with Gasteiger partial charge in [0.05, 0.1) is 17.5 Å². The van der Waals surface area contributed by atoms with Crippen LogP contribution in [0.15, 0.2) is 47.4 Å². The molecule has 1 N–H and O–H groups in total. The van der Waals surface area contributed by atoms with Crippen LogP contribution in [0, 0.1) is 0 Å². The second-order valence-electron chi connectivity index (χ2n) is 6.06. The van der Waals surface area contributed by atoms with Gasteiger partial charge in [-0.1, -0.05) is 12.1 Å². The average molecular weight is 357 g/mol. The van der Waals surface area contributed by atoms with Gasteiger partial charge in [-0.2, -0.15) is 3.96 Å². The molecule has 25 heavy (non-hydrogen) atoms. The summed E-state index contributed by atoms with van der Waals surface area (Å²) in [6, 6.07) is 10.4. The number of aromatic nitrogens is 2. The molecule has 0 atom stereocenters. The SMILES string of the molecule is CCOc1ccc(C(C)(C)NC(=O)n2sc3ncccc3c2=O)cc1. The van der Waals surface area contributed by atoms with Gasteiger partial charge in [-0.3, -0.25) is 4.79 Å². The molecule has 7 heteroatoms. The first-order chi connectivity index (χ1) is 11.9. The number of carbonyl (C=O) groups is 1. The molecule has 0 unspecified atom stereocenters. The maximum atomic E-state index is 12.6. The van der Waals surface area contributed by atoms with Crippen molar-refractivity contribution >= 4 is 27.8 Å². The third kappa shape index (κ3) is 3.41. The highest BCUT2D eigenvalue weighted by Gasteiger charge is 2.25. The summed E-state index contributed by atoms with van der Waals surface area (Å²) in [4.78, 5) is 29.6. The highest BCUT2D eigenvalue weighted by molar-refractivity contribution is 7.14. The van der Waals surface area contributed by atoms with E-state index in [0.717, 1.165) is 26.8 Å². The number of nitrogens with zero attached hydrogens (tertiary/aromatic N) is 2.